The van der Waals surface area contributed by atoms with E-state index in [0.29, 0.717) is 49.2 Å². The zero-order valence-electron chi connectivity index (χ0n) is 25.6. The van der Waals surface area contributed by atoms with Crippen molar-refractivity contribution in [2.75, 3.05) is 33.2 Å². The first-order valence-corrected chi connectivity index (χ1v) is 14.9. The van der Waals surface area contributed by atoms with Gasteiger partial charge in [0.25, 0.3) is 5.91 Å². The molecule has 0 bridgehead atoms. The van der Waals surface area contributed by atoms with Crippen molar-refractivity contribution >= 4 is 17.7 Å². The van der Waals surface area contributed by atoms with E-state index in [1.54, 1.807) is 11.8 Å². The fourth-order valence-electron chi connectivity index (χ4n) is 6.43. The van der Waals surface area contributed by atoms with Crippen molar-refractivity contribution in [2.45, 2.75) is 64.0 Å². The van der Waals surface area contributed by atoms with Gasteiger partial charge in [0.1, 0.15) is 11.9 Å². The lowest BCUT2D eigenvalue weighted by molar-refractivity contribution is -0.147. The number of carbonyl (C=O) groups excluding carboxylic acids is 3. The fourth-order valence-corrected chi connectivity index (χ4v) is 6.43. The maximum absolute atomic E-state index is 14.0. The summed E-state index contributed by atoms with van der Waals surface area (Å²) in [5.41, 5.74) is -2.18. The molecule has 0 spiro atoms. The Hall–Kier alpha value is -3.68. The number of alkyl halides is 6. The van der Waals surface area contributed by atoms with E-state index in [-0.39, 0.29) is 37.0 Å². The molecule has 2 unspecified atom stereocenters. The zero-order valence-corrected chi connectivity index (χ0v) is 25.6. The summed E-state index contributed by atoms with van der Waals surface area (Å²) in [4.78, 5) is 43.7. The Morgan fingerprint density at radius 2 is 1.48 bits per heavy atom. The van der Waals surface area contributed by atoms with Crippen LogP contribution in [0.15, 0.2) is 36.4 Å². The average molecular weight is 660 g/mol. The summed E-state index contributed by atoms with van der Waals surface area (Å²) in [7, 11) is 1.30. The van der Waals surface area contributed by atoms with Gasteiger partial charge in [-0.3, -0.25) is 14.4 Å². The van der Waals surface area contributed by atoms with Crippen LogP contribution >= 0.6 is 0 Å². The number of likely N-dealkylation sites (tertiary alicyclic amines) is 2. The van der Waals surface area contributed by atoms with Crippen molar-refractivity contribution in [1.29, 1.82) is 0 Å². The number of hydrogen-bond acceptors (Lipinski definition) is 4. The molecule has 3 amide bonds. The molecule has 2 saturated heterocycles. The minimum atomic E-state index is -5.04. The van der Waals surface area contributed by atoms with Crippen molar-refractivity contribution in [3.63, 3.8) is 0 Å². The number of hydrogen-bond donors (Lipinski definition) is 1. The van der Waals surface area contributed by atoms with E-state index in [2.05, 4.69) is 0 Å². The lowest BCUT2D eigenvalue weighted by Crippen LogP contribution is -2.51. The van der Waals surface area contributed by atoms with E-state index in [1.807, 2.05) is 0 Å². The van der Waals surface area contributed by atoms with Gasteiger partial charge in [0, 0.05) is 57.5 Å². The number of halogens is 7. The Labute approximate surface area is 261 Å². The van der Waals surface area contributed by atoms with Gasteiger partial charge in [-0.2, -0.15) is 26.3 Å². The largest absolute Gasteiger partial charge is 0.416 e. The van der Waals surface area contributed by atoms with Gasteiger partial charge < -0.3 is 19.8 Å². The number of amides is 3. The van der Waals surface area contributed by atoms with E-state index in [0.717, 1.165) is 4.90 Å². The van der Waals surface area contributed by atoms with Gasteiger partial charge in [0.15, 0.2) is 0 Å². The van der Waals surface area contributed by atoms with E-state index in [1.165, 1.54) is 37.1 Å². The molecule has 3 atom stereocenters. The molecule has 0 aromatic heterocycles. The summed E-state index contributed by atoms with van der Waals surface area (Å²) in [6.45, 7) is 3.36. The van der Waals surface area contributed by atoms with Gasteiger partial charge in [-0.1, -0.05) is 6.07 Å². The van der Waals surface area contributed by atoms with Gasteiger partial charge in [0.05, 0.1) is 11.1 Å². The predicted octanol–water partition coefficient (Wildman–Crippen LogP) is 5.38. The van der Waals surface area contributed by atoms with Gasteiger partial charge in [-0.25, -0.2) is 4.39 Å². The van der Waals surface area contributed by atoms with Crippen molar-refractivity contribution in [2.24, 2.45) is 11.8 Å². The normalized spacial score (nSPS) is 20.4. The molecule has 252 valence electrons. The van der Waals surface area contributed by atoms with Crippen molar-refractivity contribution in [3.05, 3.63) is 70.0 Å². The molecule has 2 aliphatic heterocycles. The number of nitrogens with zero attached hydrogens (tertiary/aromatic N) is 3. The maximum Gasteiger partial charge on any atom is 0.416 e. The molecule has 2 aromatic rings. The highest BCUT2D eigenvalue weighted by atomic mass is 19.4. The molecule has 0 saturated carbocycles. The van der Waals surface area contributed by atoms with Gasteiger partial charge in [0.2, 0.25) is 11.8 Å². The third-order valence-electron chi connectivity index (χ3n) is 8.83. The third kappa shape index (κ3) is 7.99. The van der Waals surface area contributed by atoms with Crippen LogP contribution in [0.3, 0.4) is 0 Å². The van der Waals surface area contributed by atoms with Gasteiger partial charge >= 0.3 is 12.4 Å². The van der Waals surface area contributed by atoms with E-state index < -0.39 is 71.5 Å². The van der Waals surface area contributed by atoms with Crippen molar-refractivity contribution in [1.82, 2.24) is 14.7 Å². The number of aliphatic hydroxyl groups is 1. The summed E-state index contributed by atoms with van der Waals surface area (Å²) in [6.07, 6.45) is -10.3. The molecule has 4 rings (SSSR count). The summed E-state index contributed by atoms with van der Waals surface area (Å²) in [6, 6.07) is 5.23. The van der Waals surface area contributed by atoms with Crippen LogP contribution < -0.4 is 0 Å². The average Bonchev–Trinajstić information content (AvgIpc) is 2.98. The van der Waals surface area contributed by atoms with Crippen LogP contribution in [0.4, 0.5) is 30.7 Å². The quantitative estimate of drug-likeness (QED) is 0.423. The van der Waals surface area contributed by atoms with Crippen LogP contribution in [0.2, 0.25) is 0 Å². The van der Waals surface area contributed by atoms with E-state index >= 15 is 0 Å². The number of rotatable bonds is 6. The first kappa shape index (κ1) is 35.2. The second-order valence-electron chi connectivity index (χ2n) is 12.2. The van der Waals surface area contributed by atoms with Crippen LogP contribution in [0.5, 0.6) is 0 Å². The van der Waals surface area contributed by atoms with Gasteiger partial charge in [-0.15, -0.1) is 0 Å². The summed E-state index contributed by atoms with van der Waals surface area (Å²) < 4.78 is 94.5. The molecular weight excluding hydrogens is 623 g/mol. The number of carbonyl (C=O) groups is 3. The van der Waals surface area contributed by atoms with Gasteiger partial charge in [-0.05, 0) is 80.1 Å². The molecule has 2 aliphatic rings. The SMILES string of the molecule is Cc1cc(F)ccc1C1CN(C(=O)C2CCN(C(=O)[C@H](C)O)CC2)CCC1C(=O)N(C)Cc1cc(C(F)(F)F)cc(C(F)(F)F)c1. The lowest BCUT2D eigenvalue weighted by atomic mass is 9.77. The van der Waals surface area contributed by atoms with Crippen LogP contribution in [-0.4, -0.2) is 76.9 Å². The molecular formula is C32H36F7N3O4. The topological polar surface area (TPSA) is 81.2 Å². The van der Waals surface area contributed by atoms with Crippen LogP contribution in [0, 0.1) is 24.6 Å². The zero-order chi connectivity index (χ0) is 34.1. The Kier molecular flexibility index (Phi) is 10.4. The van der Waals surface area contributed by atoms with Crippen LogP contribution in [0.1, 0.15) is 59.9 Å². The highest BCUT2D eigenvalue weighted by Crippen LogP contribution is 2.39. The number of aryl methyl sites for hydroxylation is 1. The number of aliphatic hydroxyl groups excluding tert-OH is 1. The Morgan fingerprint density at radius 1 is 0.913 bits per heavy atom. The third-order valence-corrected chi connectivity index (χ3v) is 8.83. The van der Waals surface area contributed by atoms with E-state index in [9.17, 15) is 50.2 Å². The minimum absolute atomic E-state index is 0.0280. The molecule has 0 radical (unpaired) electrons. The Balaban J connectivity index is 1.56. The fraction of sp³-hybridized carbons (Fsp3) is 0.531. The second-order valence-corrected chi connectivity index (χ2v) is 12.2. The molecule has 7 nitrogen and oxygen atoms in total. The van der Waals surface area contributed by atoms with E-state index in [4.69, 9.17) is 0 Å². The maximum atomic E-state index is 14.0. The molecule has 2 fully saturated rings. The molecule has 46 heavy (non-hydrogen) atoms. The second kappa shape index (κ2) is 13.6. The monoisotopic (exact) mass is 659 g/mol. The molecule has 14 heteroatoms. The molecule has 2 heterocycles. The summed E-state index contributed by atoms with van der Waals surface area (Å²) >= 11 is 0. The first-order chi connectivity index (χ1) is 21.4. The Morgan fingerprint density at radius 3 is 2.00 bits per heavy atom. The number of piperidine rings is 2. The highest BCUT2D eigenvalue weighted by molar-refractivity contribution is 5.83. The molecule has 2 aromatic carbocycles. The standard InChI is InChI=1S/C32H36F7N3O4/c1-18-12-24(33)4-5-25(18)27-17-42(29(45)21-6-9-41(10-7-21)28(44)19(2)43)11-8-26(27)30(46)40(3)16-20-13-22(31(34,35)36)15-23(14-20)32(37,38)39/h4-5,12-15,19,21,26-27,43H,6-11,16-17H2,1-3H3/t19-,26?,27?/m0/s1. The van der Waals surface area contributed by atoms with Crippen molar-refractivity contribution in [3.8, 4) is 0 Å². The van der Waals surface area contributed by atoms with Crippen LogP contribution in [-0.2, 0) is 33.3 Å². The van der Waals surface area contributed by atoms with Crippen molar-refractivity contribution < 1.29 is 50.2 Å². The minimum Gasteiger partial charge on any atom is -0.384 e. The Bertz CT molecular complexity index is 1420. The van der Waals surface area contributed by atoms with Crippen LogP contribution in [0.25, 0.3) is 0 Å². The summed E-state index contributed by atoms with van der Waals surface area (Å²) in [5, 5.41) is 9.60. The summed E-state index contributed by atoms with van der Waals surface area (Å²) in [5.74, 6) is -3.44. The highest BCUT2D eigenvalue weighted by Gasteiger charge is 2.41. The molecule has 1 N–H and O–H groups in total. The molecule has 0 aliphatic carbocycles. The first-order valence-electron chi connectivity index (χ1n) is 14.9. The predicted molar refractivity (Wildman–Crippen MR) is 152 cm³/mol. The lowest BCUT2D eigenvalue weighted by Gasteiger charge is -2.42. The smallest absolute Gasteiger partial charge is 0.384 e. The number of benzene rings is 2.